The number of amides is 2. The van der Waals surface area contributed by atoms with Crippen LogP contribution < -0.4 is 5.32 Å². The highest BCUT2D eigenvalue weighted by atomic mass is 79.9. The average Bonchev–Trinajstić information content (AvgIpc) is 2.54. The first-order valence-corrected chi connectivity index (χ1v) is 6.55. The Hall–Kier alpha value is -1.28. The summed E-state index contributed by atoms with van der Waals surface area (Å²) in [5.74, 6) is -1.64. The Morgan fingerprint density at radius 1 is 1.28 bits per heavy atom. The number of halogens is 2. The smallest absolute Gasteiger partial charge is 0.283 e. The molecule has 0 spiro atoms. The van der Waals surface area contributed by atoms with Crippen LogP contribution in [0.3, 0.4) is 0 Å². The van der Waals surface area contributed by atoms with E-state index in [4.69, 9.17) is 0 Å². The van der Waals surface area contributed by atoms with E-state index < -0.39 is 27.5 Å². The molecular formula is C10H6Br2N2O4. The fourth-order valence-electron chi connectivity index (χ4n) is 1.74. The number of alkyl halides is 1. The van der Waals surface area contributed by atoms with E-state index in [0.29, 0.717) is 10.0 Å². The second-order valence-corrected chi connectivity index (χ2v) is 5.54. The summed E-state index contributed by atoms with van der Waals surface area (Å²) in [7, 11) is 0. The molecular weight excluding hydrogens is 372 g/mol. The van der Waals surface area contributed by atoms with Gasteiger partial charge in [0.15, 0.2) is 0 Å². The number of rotatable bonds is 2. The van der Waals surface area contributed by atoms with Crippen LogP contribution in [0.4, 0.5) is 5.69 Å². The molecule has 0 aromatic heterocycles. The monoisotopic (exact) mass is 376 g/mol. The maximum atomic E-state index is 11.6. The van der Waals surface area contributed by atoms with E-state index in [2.05, 4.69) is 37.2 Å². The van der Waals surface area contributed by atoms with E-state index >= 15 is 0 Å². The van der Waals surface area contributed by atoms with E-state index in [-0.39, 0.29) is 5.69 Å². The first kappa shape index (κ1) is 13.2. The van der Waals surface area contributed by atoms with Gasteiger partial charge >= 0.3 is 0 Å². The molecule has 1 saturated heterocycles. The fraction of sp³-hybridized carbons (Fsp3) is 0.200. The fourth-order valence-corrected chi connectivity index (χ4v) is 2.79. The predicted octanol–water partition coefficient (Wildman–Crippen LogP) is 1.86. The van der Waals surface area contributed by atoms with Crippen LogP contribution in [-0.4, -0.2) is 21.6 Å². The number of hydrogen-bond acceptors (Lipinski definition) is 4. The predicted molar refractivity (Wildman–Crippen MR) is 69.4 cm³/mol. The quantitative estimate of drug-likeness (QED) is 0.368. The van der Waals surface area contributed by atoms with Crippen molar-refractivity contribution in [3.8, 4) is 0 Å². The van der Waals surface area contributed by atoms with Gasteiger partial charge in [0.2, 0.25) is 11.8 Å². The second kappa shape index (κ2) is 4.77. The maximum Gasteiger partial charge on any atom is 0.283 e. The van der Waals surface area contributed by atoms with Gasteiger partial charge in [-0.25, -0.2) is 0 Å². The van der Waals surface area contributed by atoms with Gasteiger partial charge in [-0.05, 0) is 27.6 Å². The van der Waals surface area contributed by atoms with E-state index in [1.165, 1.54) is 12.1 Å². The van der Waals surface area contributed by atoms with Crippen molar-refractivity contribution in [2.45, 2.75) is 10.7 Å². The van der Waals surface area contributed by atoms with Gasteiger partial charge in [0.1, 0.15) is 4.83 Å². The second-order valence-electron chi connectivity index (χ2n) is 3.70. The minimum atomic E-state index is -0.746. The molecule has 1 heterocycles. The molecule has 1 fully saturated rings. The van der Waals surface area contributed by atoms with Crippen molar-refractivity contribution in [1.82, 2.24) is 5.32 Å². The minimum Gasteiger partial charge on any atom is -0.295 e. The van der Waals surface area contributed by atoms with Crippen LogP contribution in [0.15, 0.2) is 22.7 Å². The average molecular weight is 378 g/mol. The van der Waals surface area contributed by atoms with Crippen molar-refractivity contribution in [2.75, 3.05) is 0 Å². The number of carbonyl (C=O) groups excluding carboxylic acids is 2. The highest BCUT2D eigenvalue weighted by Gasteiger charge is 2.41. The zero-order valence-electron chi connectivity index (χ0n) is 8.72. The number of nitro benzene ring substituents is 1. The molecule has 2 amide bonds. The van der Waals surface area contributed by atoms with Crippen LogP contribution in [0.2, 0.25) is 0 Å². The number of imide groups is 1. The molecule has 2 atom stereocenters. The van der Waals surface area contributed by atoms with Gasteiger partial charge in [-0.2, -0.15) is 0 Å². The normalized spacial score (nSPS) is 23.0. The Bertz CT molecular complexity index is 561. The highest BCUT2D eigenvalue weighted by Crippen LogP contribution is 2.34. The molecule has 2 unspecified atom stereocenters. The van der Waals surface area contributed by atoms with E-state index in [1.807, 2.05) is 0 Å². The number of hydrogen-bond donors (Lipinski definition) is 1. The van der Waals surface area contributed by atoms with Crippen LogP contribution >= 0.6 is 31.9 Å². The molecule has 2 rings (SSSR count). The molecule has 1 aromatic carbocycles. The zero-order chi connectivity index (χ0) is 13.4. The number of carbonyl (C=O) groups is 2. The minimum absolute atomic E-state index is 0.139. The topological polar surface area (TPSA) is 89.3 Å². The Morgan fingerprint density at radius 2 is 1.94 bits per heavy atom. The van der Waals surface area contributed by atoms with E-state index in [1.54, 1.807) is 6.07 Å². The SMILES string of the molecule is O=C1NC(=O)C(c2ccc(Br)c([N+](=O)[O-])c2)C1Br. The molecule has 6 nitrogen and oxygen atoms in total. The lowest BCUT2D eigenvalue weighted by Gasteiger charge is -2.10. The Kier molecular flexibility index (Phi) is 3.49. The third-order valence-corrected chi connectivity index (χ3v) is 4.21. The molecule has 1 aliphatic rings. The summed E-state index contributed by atoms with van der Waals surface area (Å²) in [5.41, 5.74) is 0.287. The van der Waals surface area contributed by atoms with Crippen LogP contribution in [0.5, 0.6) is 0 Å². The van der Waals surface area contributed by atoms with E-state index in [9.17, 15) is 19.7 Å². The van der Waals surface area contributed by atoms with Gasteiger partial charge in [0.05, 0.1) is 15.3 Å². The van der Waals surface area contributed by atoms with E-state index in [0.717, 1.165) is 0 Å². The molecule has 1 aromatic rings. The van der Waals surface area contributed by atoms with Crippen molar-refractivity contribution in [2.24, 2.45) is 0 Å². The van der Waals surface area contributed by atoms with Crippen LogP contribution in [0, 0.1) is 10.1 Å². The third kappa shape index (κ3) is 2.17. The summed E-state index contributed by atoms with van der Waals surface area (Å²) in [6.07, 6.45) is 0. The van der Waals surface area contributed by atoms with Gasteiger partial charge in [0, 0.05) is 6.07 Å². The largest absolute Gasteiger partial charge is 0.295 e. The van der Waals surface area contributed by atoms with Crippen molar-refractivity contribution in [3.05, 3.63) is 38.3 Å². The summed E-state index contributed by atoms with van der Waals surface area (Å²) >= 11 is 6.17. The van der Waals surface area contributed by atoms with Crippen molar-refractivity contribution >= 4 is 49.4 Å². The lowest BCUT2D eigenvalue weighted by molar-refractivity contribution is -0.385. The summed E-state index contributed by atoms with van der Waals surface area (Å²) in [6.45, 7) is 0. The van der Waals surface area contributed by atoms with Gasteiger partial charge in [-0.15, -0.1) is 0 Å². The molecule has 0 aliphatic carbocycles. The first-order chi connectivity index (χ1) is 8.41. The maximum absolute atomic E-state index is 11.6. The molecule has 18 heavy (non-hydrogen) atoms. The van der Waals surface area contributed by atoms with Crippen molar-refractivity contribution < 1.29 is 14.5 Å². The van der Waals surface area contributed by atoms with Gasteiger partial charge in [-0.3, -0.25) is 25.0 Å². The lowest BCUT2D eigenvalue weighted by Crippen LogP contribution is -2.22. The summed E-state index contributed by atoms with van der Waals surface area (Å²) < 4.78 is 0.326. The Labute approximate surface area is 118 Å². The van der Waals surface area contributed by atoms with Crippen molar-refractivity contribution in [1.29, 1.82) is 0 Å². The molecule has 0 bridgehead atoms. The summed E-state index contributed by atoms with van der Waals surface area (Å²) in [5, 5.41) is 13.0. The zero-order valence-corrected chi connectivity index (χ0v) is 11.9. The van der Waals surface area contributed by atoms with Crippen LogP contribution in [0.1, 0.15) is 11.5 Å². The van der Waals surface area contributed by atoms with Gasteiger partial charge in [-0.1, -0.05) is 22.0 Å². The summed E-state index contributed by atoms with van der Waals surface area (Å²) in [6, 6.07) is 4.36. The Balaban J connectivity index is 2.46. The van der Waals surface area contributed by atoms with Gasteiger partial charge < -0.3 is 0 Å². The molecule has 8 heteroatoms. The lowest BCUT2D eigenvalue weighted by atomic mass is 9.97. The Morgan fingerprint density at radius 3 is 2.44 bits per heavy atom. The molecule has 94 valence electrons. The number of nitro groups is 1. The standard InChI is InChI=1S/C10H6Br2N2O4/c11-5-2-1-4(3-6(5)14(17)18)7-8(12)10(16)13-9(7)15/h1-3,7-8H,(H,13,15,16). The number of nitrogens with zero attached hydrogens (tertiary/aromatic N) is 1. The number of nitrogens with one attached hydrogen (secondary N) is 1. The molecule has 0 radical (unpaired) electrons. The first-order valence-electron chi connectivity index (χ1n) is 4.84. The highest BCUT2D eigenvalue weighted by molar-refractivity contribution is 9.10. The van der Waals surface area contributed by atoms with Crippen LogP contribution in [0.25, 0.3) is 0 Å². The van der Waals surface area contributed by atoms with Gasteiger partial charge in [0.25, 0.3) is 5.69 Å². The molecule has 0 saturated carbocycles. The summed E-state index contributed by atoms with van der Waals surface area (Å²) in [4.78, 5) is 32.5. The third-order valence-electron chi connectivity index (χ3n) is 2.60. The molecule has 1 N–H and O–H groups in total. The number of benzene rings is 1. The molecule has 1 aliphatic heterocycles. The van der Waals surface area contributed by atoms with Crippen LogP contribution in [-0.2, 0) is 9.59 Å². The van der Waals surface area contributed by atoms with Crippen molar-refractivity contribution in [3.63, 3.8) is 0 Å².